The van der Waals surface area contributed by atoms with Crippen molar-refractivity contribution in [3.63, 3.8) is 0 Å². The van der Waals surface area contributed by atoms with Crippen molar-refractivity contribution >= 4 is 11.8 Å². The summed E-state index contributed by atoms with van der Waals surface area (Å²) in [7, 11) is 1.96. The first-order valence-corrected chi connectivity index (χ1v) is 9.93. The first kappa shape index (κ1) is 17.0. The van der Waals surface area contributed by atoms with Gasteiger partial charge in [-0.3, -0.25) is 14.8 Å². The summed E-state index contributed by atoms with van der Waals surface area (Å²) in [5.41, 5.74) is 3.02. The molecule has 3 saturated carbocycles. The summed E-state index contributed by atoms with van der Waals surface area (Å²) in [6.45, 7) is 3.51. The topological polar surface area (TPSA) is 82.2 Å². The van der Waals surface area contributed by atoms with E-state index < -0.39 is 0 Å². The number of carbonyl (C=O) groups excluding carboxylic acids is 1. The summed E-state index contributed by atoms with van der Waals surface area (Å²) in [4.78, 5) is 13.2. The van der Waals surface area contributed by atoms with E-state index in [4.69, 9.17) is 9.26 Å². The molecule has 3 heterocycles. The Hall–Kier alpha value is -2.15. The van der Waals surface area contributed by atoms with Gasteiger partial charge in [0.05, 0.1) is 11.6 Å². The molecule has 7 heteroatoms. The van der Waals surface area contributed by atoms with Gasteiger partial charge >= 0.3 is 0 Å². The fourth-order valence-electron chi connectivity index (χ4n) is 5.70. The van der Waals surface area contributed by atoms with Crippen molar-refractivity contribution in [3.8, 4) is 0 Å². The van der Waals surface area contributed by atoms with E-state index in [9.17, 15) is 4.79 Å². The molecule has 3 aliphatic carbocycles. The molecule has 27 heavy (non-hydrogen) atoms. The Morgan fingerprint density at radius 2 is 2.15 bits per heavy atom. The Labute approximate surface area is 158 Å². The summed E-state index contributed by atoms with van der Waals surface area (Å²) >= 11 is 0. The average Bonchev–Trinajstić information content (AvgIpc) is 3.41. The van der Waals surface area contributed by atoms with Gasteiger partial charge in [0.2, 0.25) is 11.8 Å². The van der Waals surface area contributed by atoms with E-state index in [1.807, 2.05) is 24.9 Å². The van der Waals surface area contributed by atoms with Crippen LogP contribution in [-0.2, 0) is 22.0 Å². The maximum Gasteiger partial charge on any atom is 0.234 e. The second kappa shape index (κ2) is 6.19. The van der Waals surface area contributed by atoms with Crippen LogP contribution in [-0.4, -0.2) is 34.1 Å². The minimum absolute atomic E-state index is 0.0102. The van der Waals surface area contributed by atoms with Gasteiger partial charge in [0.1, 0.15) is 0 Å². The Bertz CT molecular complexity index is 862. The molecule has 0 unspecified atom stereocenters. The molecule has 3 atom stereocenters. The van der Waals surface area contributed by atoms with Gasteiger partial charge in [-0.1, -0.05) is 5.16 Å². The number of aromatic nitrogens is 3. The van der Waals surface area contributed by atoms with Gasteiger partial charge in [-0.2, -0.15) is 5.10 Å². The van der Waals surface area contributed by atoms with Crippen LogP contribution in [0.3, 0.4) is 0 Å². The fourth-order valence-corrected chi connectivity index (χ4v) is 5.70. The van der Waals surface area contributed by atoms with Crippen LogP contribution in [0, 0.1) is 18.8 Å². The second-order valence-corrected chi connectivity index (χ2v) is 8.37. The number of anilines is 1. The largest absolute Gasteiger partial charge is 0.381 e. The molecular formula is C20H26N4O3. The van der Waals surface area contributed by atoms with Crippen molar-refractivity contribution in [2.45, 2.75) is 50.4 Å². The number of nitrogens with one attached hydrogen (secondary N) is 1. The molecule has 4 fully saturated rings. The summed E-state index contributed by atoms with van der Waals surface area (Å²) in [5.74, 6) is 1.37. The first-order chi connectivity index (χ1) is 13.1. The number of amides is 1. The highest BCUT2D eigenvalue weighted by atomic mass is 16.5. The Morgan fingerprint density at radius 1 is 1.33 bits per heavy atom. The van der Waals surface area contributed by atoms with Gasteiger partial charge in [0, 0.05) is 49.0 Å². The zero-order valence-corrected chi connectivity index (χ0v) is 15.9. The molecule has 1 N–H and O–H groups in total. The van der Waals surface area contributed by atoms with Crippen molar-refractivity contribution in [1.82, 2.24) is 14.9 Å². The maximum absolute atomic E-state index is 13.2. The number of fused-ring (bicyclic) bond motifs is 1. The minimum atomic E-state index is -0.0720. The zero-order chi connectivity index (χ0) is 18.6. The van der Waals surface area contributed by atoms with Crippen LogP contribution in [0.25, 0.3) is 0 Å². The third kappa shape index (κ3) is 2.47. The van der Waals surface area contributed by atoms with Crippen molar-refractivity contribution in [1.29, 1.82) is 0 Å². The number of ether oxygens (including phenoxy) is 1. The van der Waals surface area contributed by atoms with Crippen molar-refractivity contribution in [2.75, 3.05) is 18.5 Å². The van der Waals surface area contributed by atoms with E-state index in [0.717, 1.165) is 56.6 Å². The standard InChI is InChI=1S/C20H26N4O3/c1-12-17(13-5-9-26-10-6-13)23-27-19(12)22-18(25)16-14-3-7-20(16,11-14)15-4-8-21-24(15)2/h4,8,13-14,16H,3,5-7,9-11H2,1-2H3,(H,22,25)/t14-,16+,20+/m1/s1. The van der Waals surface area contributed by atoms with Gasteiger partial charge < -0.3 is 9.26 Å². The molecule has 0 aromatic carbocycles. The molecular weight excluding hydrogens is 344 g/mol. The first-order valence-electron chi connectivity index (χ1n) is 9.93. The lowest BCUT2D eigenvalue weighted by molar-refractivity contribution is -0.127. The predicted molar refractivity (Wildman–Crippen MR) is 98.4 cm³/mol. The lowest BCUT2D eigenvalue weighted by Gasteiger charge is -2.46. The second-order valence-electron chi connectivity index (χ2n) is 8.37. The van der Waals surface area contributed by atoms with Crippen LogP contribution >= 0.6 is 0 Å². The maximum atomic E-state index is 13.2. The van der Waals surface area contributed by atoms with Crippen molar-refractivity contribution < 1.29 is 14.1 Å². The van der Waals surface area contributed by atoms with Crippen LogP contribution in [0.4, 0.5) is 5.88 Å². The normalized spacial score (nSPS) is 30.3. The summed E-state index contributed by atoms with van der Waals surface area (Å²) in [5, 5.41) is 11.6. The molecule has 1 aliphatic heterocycles. The molecule has 2 aromatic rings. The third-order valence-electron chi connectivity index (χ3n) is 7.07. The van der Waals surface area contributed by atoms with E-state index in [1.54, 1.807) is 0 Å². The van der Waals surface area contributed by atoms with Crippen molar-refractivity contribution in [3.05, 3.63) is 29.2 Å². The average molecular weight is 370 g/mol. The highest BCUT2D eigenvalue weighted by molar-refractivity contribution is 5.94. The zero-order valence-electron chi connectivity index (χ0n) is 15.9. The summed E-state index contributed by atoms with van der Waals surface area (Å²) in [6, 6.07) is 2.06. The molecule has 0 radical (unpaired) electrons. The number of rotatable bonds is 4. The van der Waals surface area contributed by atoms with E-state index >= 15 is 0 Å². The minimum Gasteiger partial charge on any atom is -0.381 e. The molecule has 0 spiro atoms. The predicted octanol–water partition coefficient (Wildman–Crippen LogP) is 2.92. The fraction of sp³-hybridized carbons (Fsp3) is 0.650. The van der Waals surface area contributed by atoms with E-state index in [2.05, 4.69) is 21.6 Å². The molecule has 7 nitrogen and oxygen atoms in total. The lowest BCUT2D eigenvalue weighted by Crippen LogP contribution is -2.51. The SMILES string of the molecule is Cc1c(C2CCOCC2)noc1NC(=O)[C@@H]1[C@@H]2CC[C@@]1(c1ccnn1C)C2. The highest BCUT2D eigenvalue weighted by Crippen LogP contribution is 2.64. The summed E-state index contributed by atoms with van der Waals surface area (Å²) < 4.78 is 12.9. The van der Waals surface area contributed by atoms with Crippen LogP contribution in [0.1, 0.15) is 55.0 Å². The molecule has 1 saturated heterocycles. The summed E-state index contributed by atoms with van der Waals surface area (Å²) in [6.07, 6.45) is 6.97. The third-order valence-corrected chi connectivity index (χ3v) is 7.07. The van der Waals surface area contributed by atoms with Crippen molar-refractivity contribution in [2.24, 2.45) is 18.9 Å². The molecule has 2 aromatic heterocycles. The van der Waals surface area contributed by atoms with E-state index in [1.165, 1.54) is 5.69 Å². The van der Waals surface area contributed by atoms with Gasteiger partial charge in [-0.15, -0.1) is 0 Å². The Balaban J connectivity index is 1.36. The number of carbonyl (C=O) groups is 1. The van der Waals surface area contributed by atoms with Gasteiger partial charge in [0.15, 0.2) is 0 Å². The Kier molecular flexibility index (Phi) is 3.89. The lowest BCUT2D eigenvalue weighted by atomic mass is 9.58. The van der Waals surface area contributed by atoms with Gasteiger partial charge in [0.25, 0.3) is 0 Å². The molecule has 6 rings (SSSR count). The smallest absolute Gasteiger partial charge is 0.234 e. The number of aryl methyl sites for hydroxylation is 1. The Morgan fingerprint density at radius 3 is 2.85 bits per heavy atom. The van der Waals surface area contributed by atoms with Crippen LogP contribution < -0.4 is 5.32 Å². The van der Waals surface area contributed by atoms with E-state index in [0.29, 0.717) is 17.7 Å². The van der Waals surface area contributed by atoms with E-state index in [-0.39, 0.29) is 17.2 Å². The van der Waals surface area contributed by atoms with Gasteiger partial charge in [-0.05, 0) is 51.0 Å². The molecule has 4 aliphatic rings. The quantitative estimate of drug-likeness (QED) is 0.895. The van der Waals surface area contributed by atoms with Crippen LogP contribution in [0.2, 0.25) is 0 Å². The van der Waals surface area contributed by atoms with Gasteiger partial charge in [-0.25, -0.2) is 0 Å². The number of hydrogen-bond acceptors (Lipinski definition) is 5. The molecule has 144 valence electrons. The molecule has 2 bridgehead atoms. The number of hydrogen-bond donors (Lipinski definition) is 1. The van der Waals surface area contributed by atoms with Crippen LogP contribution in [0.15, 0.2) is 16.8 Å². The van der Waals surface area contributed by atoms with Crippen LogP contribution in [0.5, 0.6) is 0 Å². The number of nitrogens with zero attached hydrogens (tertiary/aromatic N) is 3. The highest BCUT2D eigenvalue weighted by Gasteiger charge is 2.63. The molecule has 1 amide bonds. The monoisotopic (exact) mass is 370 g/mol.